The van der Waals surface area contributed by atoms with Crippen LogP contribution in [0.3, 0.4) is 0 Å². The summed E-state index contributed by atoms with van der Waals surface area (Å²) in [6.45, 7) is 3.83. The maximum Gasteiger partial charge on any atom is 0.283 e. The highest BCUT2D eigenvalue weighted by atomic mass is 79.9. The van der Waals surface area contributed by atoms with Crippen LogP contribution >= 0.6 is 15.9 Å². The lowest BCUT2D eigenvalue weighted by Crippen LogP contribution is -2.30. The van der Waals surface area contributed by atoms with Crippen molar-refractivity contribution in [3.05, 3.63) is 21.0 Å². The zero-order valence-electron chi connectivity index (χ0n) is 11.0. The molecule has 1 atom stereocenters. The molecule has 0 saturated carbocycles. The molecule has 1 heterocycles. The first-order valence-corrected chi connectivity index (χ1v) is 6.61. The van der Waals surface area contributed by atoms with E-state index in [0.29, 0.717) is 23.2 Å². The second-order valence-corrected chi connectivity index (χ2v) is 5.35. The Bertz CT molecular complexity index is 444. The summed E-state index contributed by atoms with van der Waals surface area (Å²) in [6, 6.07) is 0.0214. The molecular formula is C11H20BrN5O. The van der Waals surface area contributed by atoms with Crippen LogP contribution in [-0.2, 0) is 6.54 Å². The Morgan fingerprint density at radius 3 is 2.83 bits per heavy atom. The molecule has 7 heteroatoms. The van der Waals surface area contributed by atoms with E-state index in [1.165, 1.54) is 4.68 Å². The molecule has 0 bridgehead atoms. The number of hydrogen-bond donors (Lipinski definition) is 2. The second kappa shape index (κ2) is 6.86. The van der Waals surface area contributed by atoms with Gasteiger partial charge in [-0.1, -0.05) is 0 Å². The summed E-state index contributed by atoms with van der Waals surface area (Å²) in [7, 11) is 3.91. The number of hydrogen-bond acceptors (Lipinski definition) is 5. The van der Waals surface area contributed by atoms with Gasteiger partial charge >= 0.3 is 0 Å². The number of halogens is 1. The molecule has 0 amide bonds. The fourth-order valence-electron chi connectivity index (χ4n) is 1.31. The van der Waals surface area contributed by atoms with Crippen LogP contribution in [-0.4, -0.2) is 47.9 Å². The van der Waals surface area contributed by atoms with Gasteiger partial charge in [-0.3, -0.25) is 4.79 Å². The molecule has 0 aromatic carbocycles. The van der Waals surface area contributed by atoms with Crippen molar-refractivity contribution in [2.24, 2.45) is 5.73 Å². The number of likely N-dealkylation sites (N-methyl/N-ethyl adjacent to an activating group) is 1. The summed E-state index contributed by atoms with van der Waals surface area (Å²) in [5.41, 5.74) is 6.20. The molecule has 0 fully saturated rings. The van der Waals surface area contributed by atoms with Crippen LogP contribution in [0.4, 0.5) is 5.69 Å². The van der Waals surface area contributed by atoms with E-state index in [0.717, 1.165) is 6.54 Å². The van der Waals surface area contributed by atoms with Crippen LogP contribution in [0.15, 0.2) is 15.5 Å². The second-order valence-electron chi connectivity index (χ2n) is 4.56. The van der Waals surface area contributed by atoms with Crippen molar-refractivity contribution < 1.29 is 0 Å². The third-order valence-electron chi connectivity index (χ3n) is 2.36. The van der Waals surface area contributed by atoms with Gasteiger partial charge in [-0.15, -0.1) is 0 Å². The Morgan fingerprint density at radius 2 is 2.28 bits per heavy atom. The predicted molar refractivity (Wildman–Crippen MR) is 76.9 cm³/mol. The third kappa shape index (κ3) is 4.40. The van der Waals surface area contributed by atoms with Crippen LogP contribution < -0.4 is 16.6 Å². The lowest BCUT2D eigenvalue weighted by Gasteiger charge is -2.13. The summed E-state index contributed by atoms with van der Waals surface area (Å²) in [5, 5.41) is 7.22. The molecule has 102 valence electrons. The molecule has 1 aromatic rings. The van der Waals surface area contributed by atoms with E-state index in [9.17, 15) is 4.79 Å². The summed E-state index contributed by atoms with van der Waals surface area (Å²) in [4.78, 5) is 14.0. The fourth-order valence-corrected chi connectivity index (χ4v) is 1.76. The molecule has 18 heavy (non-hydrogen) atoms. The fraction of sp³-hybridized carbons (Fsp3) is 0.636. The number of rotatable bonds is 6. The Hall–Kier alpha value is -0.920. The number of anilines is 1. The van der Waals surface area contributed by atoms with Gasteiger partial charge in [0.2, 0.25) is 0 Å². The maximum atomic E-state index is 12.0. The van der Waals surface area contributed by atoms with E-state index in [-0.39, 0.29) is 11.6 Å². The minimum atomic E-state index is -0.133. The summed E-state index contributed by atoms with van der Waals surface area (Å²) >= 11 is 3.30. The van der Waals surface area contributed by atoms with Crippen LogP contribution in [0, 0.1) is 0 Å². The van der Waals surface area contributed by atoms with Crippen molar-refractivity contribution in [2.75, 3.05) is 32.5 Å². The number of nitrogens with zero attached hydrogens (tertiary/aromatic N) is 3. The molecular weight excluding hydrogens is 298 g/mol. The highest BCUT2D eigenvalue weighted by molar-refractivity contribution is 9.10. The number of nitrogens with two attached hydrogens (primary N) is 1. The van der Waals surface area contributed by atoms with Gasteiger partial charge in [0.1, 0.15) is 4.47 Å². The zero-order valence-corrected chi connectivity index (χ0v) is 12.6. The van der Waals surface area contributed by atoms with Gasteiger partial charge in [0.15, 0.2) is 0 Å². The van der Waals surface area contributed by atoms with Gasteiger partial charge in [0.25, 0.3) is 5.56 Å². The van der Waals surface area contributed by atoms with Gasteiger partial charge in [0.05, 0.1) is 18.4 Å². The summed E-state index contributed by atoms with van der Waals surface area (Å²) in [5.74, 6) is 0. The van der Waals surface area contributed by atoms with Crippen LogP contribution in [0.25, 0.3) is 0 Å². The van der Waals surface area contributed by atoms with Crippen molar-refractivity contribution in [3.8, 4) is 0 Å². The van der Waals surface area contributed by atoms with Gasteiger partial charge in [-0.25, -0.2) is 4.68 Å². The molecule has 0 aliphatic rings. The first-order valence-electron chi connectivity index (χ1n) is 5.81. The predicted octanol–water partition coefficient (Wildman–Crippen LogP) is 0.326. The van der Waals surface area contributed by atoms with Gasteiger partial charge < -0.3 is 16.0 Å². The van der Waals surface area contributed by atoms with Crippen molar-refractivity contribution >= 4 is 21.6 Å². The molecule has 0 aliphatic heterocycles. The third-order valence-corrected chi connectivity index (χ3v) is 3.12. The average molecular weight is 318 g/mol. The van der Waals surface area contributed by atoms with Gasteiger partial charge in [-0.05, 0) is 36.9 Å². The van der Waals surface area contributed by atoms with Crippen molar-refractivity contribution in [1.82, 2.24) is 14.7 Å². The van der Waals surface area contributed by atoms with Crippen LogP contribution in [0.1, 0.15) is 6.92 Å². The zero-order chi connectivity index (χ0) is 13.7. The first kappa shape index (κ1) is 15.1. The molecule has 0 aliphatic carbocycles. The molecule has 1 aromatic heterocycles. The minimum Gasteiger partial charge on any atom is -0.381 e. The van der Waals surface area contributed by atoms with E-state index >= 15 is 0 Å². The van der Waals surface area contributed by atoms with E-state index in [4.69, 9.17) is 5.73 Å². The lowest BCUT2D eigenvalue weighted by molar-refractivity contribution is 0.367. The molecule has 1 unspecified atom stereocenters. The molecule has 3 N–H and O–H groups in total. The van der Waals surface area contributed by atoms with E-state index in [1.54, 1.807) is 6.20 Å². The Labute approximate surface area is 115 Å². The largest absolute Gasteiger partial charge is 0.381 e. The Balaban J connectivity index is 2.81. The summed E-state index contributed by atoms with van der Waals surface area (Å²) < 4.78 is 1.94. The number of aromatic nitrogens is 2. The maximum absolute atomic E-state index is 12.0. The molecule has 1 rings (SSSR count). The molecule has 0 spiro atoms. The Morgan fingerprint density at radius 1 is 1.61 bits per heavy atom. The van der Waals surface area contributed by atoms with Gasteiger partial charge in [-0.2, -0.15) is 5.10 Å². The molecule has 6 nitrogen and oxygen atoms in total. The minimum absolute atomic E-state index is 0.0214. The smallest absolute Gasteiger partial charge is 0.283 e. The normalized spacial score (nSPS) is 12.8. The quantitative estimate of drug-likeness (QED) is 0.790. The van der Waals surface area contributed by atoms with Crippen molar-refractivity contribution in [3.63, 3.8) is 0 Å². The van der Waals surface area contributed by atoms with Crippen LogP contribution in [0.2, 0.25) is 0 Å². The highest BCUT2D eigenvalue weighted by Gasteiger charge is 2.09. The topological polar surface area (TPSA) is 76.2 Å². The first-order chi connectivity index (χ1) is 8.41. The van der Waals surface area contributed by atoms with E-state index in [1.807, 2.05) is 25.9 Å². The molecule has 0 saturated heterocycles. The standard InChI is InChI=1S/C11H20BrN5O/c1-8(13)6-14-9-7-15-17(5-4-16(2)3)11(18)10(9)12/h7-8,14H,4-6,13H2,1-3H3. The average Bonchev–Trinajstić information content (AvgIpc) is 2.29. The van der Waals surface area contributed by atoms with E-state index in [2.05, 4.69) is 26.3 Å². The Kier molecular flexibility index (Phi) is 5.77. The van der Waals surface area contributed by atoms with Crippen molar-refractivity contribution in [2.45, 2.75) is 19.5 Å². The molecule has 0 radical (unpaired) electrons. The monoisotopic (exact) mass is 317 g/mol. The van der Waals surface area contributed by atoms with Crippen LogP contribution in [0.5, 0.6) is 0 Å². The summed E-state index contributed by atoms with van der Waals surface area (Å²) in [6.07, 6.45) is 1.64. The highest BCUT2D eigenvalue weighted by Crippen LogP contribution is 2.15. The lowest BCUT2D eigenvalue weighted by atomic mass is 10.3. The number of nitrogens with one attached hydrogen (secondary N) is 1. The van der Waals surface area contributed by atoms with E-state index < -0.39 is 0 Å². The van der Waals surface area contributed by atoms with Crippen molar-refractivity contribution in [1.29, 1.82) is 0 Å². The SMILES string of the molecule is CC(N)CNc1cnn(CCN(C)C)c(=O)c1Br. The van der Waals surface area contributed by atoms with Gasteiger partial charge in [0, 0.05) is 19.1 Å².